The van der Waals surface area contributed by atoms with Crippen LogP contribution in [0, 0.1) is 0 Å². The van der Waals surface area contributed by atoms with Gasteiger partial charge in [0.2, 0.25) is 0 Å². The number of benzene rings is 1. The summed E-state index contributed by atoms with van der Waals surface area (Å²) in [6, 6.07) is 6.68. The van der Waals surface area contributed by atoms with Crippen LogP contribution in [0.5, 0.6) is 5.75 Å². The lowest BCUT2D eigenvalue weighted by Crippen LogP contribution is -2.12. The minimum absolute atomic E-state index is 0. The average molecular weight is 220 g/mol. The van der Waals surface area contributed by atoms with Crippen molar-refractivity contribution in [3.63, 3.8) is 0 Å². The van der Waals surface area contributed by atoms with Gasteiger partial charge in [-0.3, -0.25) is 0 Å². The molecule has 0 aliphatic carbocycles. The van der Waals surface area contributed by atoms with Crippen LogP contribution in [0.2, 0.25) is 0 Å². The molecule has 2 N–H and O–H groups in total. The average Bonchev–Trinajstić information content (AvgIpc) is 2.18. The minimum Gasteiger partial charge on any atom is -0.494 e. The van der Waals surface area contributed by atoms with Gasteiger partial charge in [0, 0.05) is 0 Å². The highest BCUT2D eigenvalue weighted by molar-refractivity contribution is 5.85. The van der Waals surface area contributed by atoms with E-state index in [-0.39, 0.29) is 12.4 Å². The third-order valence-electron chi connectivity index (χ3n) is 1.76. The topological polar surface area (TPSA) is 35.2 Å². The highest BCUT2D eigenvalue weighted by Crippen LogP contribution is 2.17. The number of hydrogen-bond donors (Lipinski definition) is 1. The van der Waals surface area contributed by atoms with E-state index in [4.69, 9.17) is 10.5 Å². The van der Waals surface area contributed by atoms with Crippen molar-refractivity contribution in [3.8, 4) is 5.75 Å². The van der Waals surface area contributed by atoms with Gasteiger partial charge in [0.25, 0.3) is 0 Å². The molecule has 0 aliphatic heterocycles. The molecule has 80 valence electrons. The molecule has 0 amide bonds. The van der Waals surface area contributed by atoms with Gasteiger partial charge in [-0.1, -0.05) is 12.1 Å². The number of nitrogens with two attached hydrogens (primary N) is 1. The van der Waals surface area contributed by atoms with Crippen molar-refractivity contribution in [3.05, 3.63) is 29.8 Å². The van der Waals surface area contributed by atoms with Gasteiger partial charge in [-0.2, -0.15) is 0 Å². The summed E-state index contributed by atoms with van der Waals surface area (Å²) < 4.78 is 17.5. The fourth-order valence-electron chi connectivity index (χ4n) is 1.09. The molecule has 0 saturated heterocycles. The summed E-state index contributed by atoms with van der Waals surface area (Å²) in [5, 5.41) is 0. The molecule has 14 heavy (non-hydrogen) atoms. The molecule has 0 unspecified atom stereocenters. The van der Waals surface area contributed by atoms with Gasteiger partial charge in [0.15, 0.2) is 0 Å². The molecule has 0 heterocycles. The van der Waals surface area contributed by atoms with Crippen molar-refractivity contribution in [1.29, 1.82) is 0 Å². The number of ether oxygens (including phenoxy) is 1. The third-order valence-corrected chi connectivity index (χ3v) is 1.76. The van der Waals surface area contributed by atoms with E-state index in [1.54, 1.807) is 12.1 Å². The van der Waals surface area contributed by atoms with Crippen LogP contribution in [0.25, 0.3) is 0 Å². The van der Waals surface area contributed by atoms with Crippen LogP contribution in [0.4, 0.5) is 4.39 Å². The smallest absolute Gasteiger partial charge is 0.119 e. The SMILES string of the molecule is CCOc1cccc([C@H](N)CF)c1.Cl. The second-order valence-electron chi connectivity index (χ2n) is 2.77. The molecule has 0 aromatic heterocycles. The quantitative estimate of drug-likeness (QED) is 0.845. The van der Waals surface area contributed by atoms with E-state index in [0.717, 1.165) is 11.3 Å². The maximum absolute atomic E-state index is 12.2. The van der Waals surface area contributed by atoms with Crippen molar-refractivity contribution in [1.82, 2.24) is 0 Å². The van der Waals surface area contributed by atoms with E-state index in [1.165, 1.54) is 0 Å². The predicted molar refractivity (Wildman–Crippen MR) is 57.8 cm³/mol. The first-order valence-electron chi connectivity index (χ1n) is 4.32. The number of alkyl halides is 1. The minimum atomic E-state index is -0.546. The number of halogens is 2. The van der Waals surface area contributed by atoms with Crippen LogP contribution in [-0.2, 0) is 0 Å². The summed E-state index contributed by atoms with van der Waals surface area (Å²) >= 11 is 0. The molecule has 2 nitrogen and oxygen atoms in total. The van der Waals surface area contributed by atoms with Crippen molar-refractivity contribution < 1.29 is 9.13 Å². The standard InChI is InChI=1S/C10H14FNO.ClH/c1-2-13-9-5-3-4-8(6-9)10(12)7-11;/h3-6,10H,2,7,12H2,1H3;1H/t10-;/m1./s1. The van der Waals surface area contributed by atoms with Crippen molar-refractivity contribution >= 4 is 12.4 Å². The van der Waals surface area contributed by atoms with Crippen LogP contribution < -0.4 is 10.5 Å². The first-order chi connectivity index (χ1) is 6.27. The first-order valence-corrected chi connectivity index (χ1v) is 4.32. The molecule has 0 spiro atoms. The van der Waals surface area contributed by atoms with E-state index < -0.39 is 12.7 Å². The largest absolute Gasteiger partial charge is 0.494 e. The lowest BCUT2D eigenvalue weighted by molar-refractivity contribution is 0.339. The van der Waals surface area contributed by atoms with Crippen LogP contribution in [0.15, 0.2) is 24.3 Å². The fourth-order valence-corrected chi connectivity index (χ4v) is 1.09. The Labute approximate surface area is 89.7 Å². The molecule has 1 rings (SSSR count). The van der Waals surface area contributed by atoms with Gasteiger partial charge in [-0.25, -0.2) is 4.39 Å². The zero-order chi connectivity index (χ0) is 9.68. The Morgan fingerprint density at radius 2 is 2.21 bits per heavy atom. The van der Waals surface area contributed by atoms with Crippen LogP contribution in [0.3, 0.4) is 0 Å². The molecular formula is C10H15ClFNO. The second kappa shape index (κ2) is 6.62. The molecule has 0 fully saturated rings. The van der Waals surface area contributed by atoms with Crippen LogP contribution >= 0.6 is 12.4 Å². The summed E-state index contributed by atoms with van der Waals surface area (Å²) in [5.74, 6) is 0.740. The Morgan fingerprint density at radius 3 is 2.79 bits per heavy atom. The maximum Gasteiger partial charge on any atom is 0.119 e. The van der Waals surface area contributed by atoms with Gasteiger partial charge in [-0.15, -0.1) is 12.4 Å². The Hall–Kier alpha value is -0.800. The summed E-state index contributed by atoms with van der Waals surface area (Å²) in [6.45, 7) is 1.96. The Kier molecular flexibility index (Phi) is 6.25. The molecule has 0 radical (unpaired) electrons. The van der Waals surface area contributed by atoms with E-state index in [9.17, 15) is 4.39 Å². The summed E-state index contributed by atoms with van der Waals surface area (Å²) in [7, 11) is 0. The molecule has 1 aromatic carbocycles. The zero-order valence-corrected chi connectivity index (χ0v) is 8.89. The Morgan fingerprint density at radius 1 is 1.50 bits per heavy atom. The van der Waals surface area contributed by atoms with Crippen molar-refractivity contribution in [2.75, 3.05) is 13.3 Å². The molecule has 0 bridgehead atoms. The Bertz CT molecular complexity index is 270. The number of hydrogen-bond acceptors (Lipinski definition) is 2. The van der Waals surface area contributed by atoms with Gasteiger partial charge < -0.3 is 10.5 Å². The highest BCUT2D eigenvalue weighted by Gasteiger charge is 2.05. The van der Waals surface area contributed by atoms with Gasteiger partial charge >= 0.3 is 0 Å². The number of rotatable bonds is 4. The van der Waals surface area contributed by atoms with Crippen LogP contribution in [-0.4, -0.2) is 13.3 Å². The summed E-state index contributed by atoms with van der Waals surface area (Å²) in [5.41, 5.74) is 6.30. The van der Waals surface area contributed by atoms with Gasteiger partial charge in [0.1, 0.15) is 12.4 Å². The van der Waals surface area contributed by atoms with Gasteiger partial charge in [0.05, 0.1) is 12.6 Å². The third kappa shape index (κ3) is 3.52. The lowest BCUT2D eigenvalue weighted by Gasteiger charge is -2.09. The van der Waals surface area contributed by atoms with E-state index in [1.807, 2.05) is 19.1 Å². The van der Waals surface area contributed by atoms with Crippen LogP contribution in [0.1, 0.15) is 18.5 Å². The normalized spacial score (nSPS) is 11.6. The van der Waals surface area contributed by atoms with E-state index >= 15 is 0 Å². The molecule has 1 atom stereocenters. The molecule has 0 saturated carbocycles. The molecule has 0 aliphatic rings. The zero-order valence-electron chi connectivity index (χ0n) is 8.07. The van der Waals surface area contributed by atoms with E-state index in [0.29, 0.717) is 6.61 Å². The molecular weight excluding hydrogens is 205 g/mol. The summed E-state index contributed by atoms with van der Waals surface area (Å²) in [4.78, 5) is 0. The monoisotopic (exact) mass is 219 g/mol. The molecule has 1 aromatic rings. The first kappa shape index (κ1) is 13.2. The lowest BCUT2D eigenvalue weighted by atomic mass is 10.1. The van der Waals surface area contributed by atoms with Crippen molar-refractivity contribution in [2.45, 2.75) is 13.0 Å². The van der Waals surface area contributed by atoms with Crippen molar-refractivity contribution in [2.24, 2.45) is 5.73 Å². The maximum atomic E-state index is 12.2. The second-order valence-corrected chi connectivity index (χ2v) is 2.77. The van der Waals surface area contributed by atoms with Gasteiger partial charge in [-0.05, 0) is 24.6 Å². The molecule has 4 heteroatoms. The summed E-state index contributed by atoms with van der Waals surface area (Å²) in [6.07, 6.45) is 0. The van der Waals surface area contributed by atoms with E-state index in [2.05, 4.69) is 0 Å². The fraction of sp³-hybridized carbons (Fsp3) is 0.400. The Balaban J connectivity index is 0.00000169. The highest BCUT2D eigenvalue weighted by atomic mass is 35.5. The predicted octanol–water partition coefficient (Wildman–Crippen LogP) is 2.48.